The van der Waals surface area contributed by atoms with Crippen molar-refractivity contribution in [3.63, 3.8) is 0 Å². The van der Waals surface area contributed by atoms with Crippen LogP contribution in [0.3, 0.4) is 0 Å². The Kier molecular flexibility index (Phi) is 12.8. The van der Waals surface area contributed by atoms with Gasteiger partial charge < -0.3 is 62.3 Å². The lowest BCUT2D eigenvalue weighted by Gasteiger charge is -2.30. The highest BCUT2D eigenvalue weighted by atomic mass is 32.2. The van der Waals surface area contributed by atoms with Crippen LogP contribution in [0.15, 0.2) is 29.3 Å². The third kappa shape index (κ3) is 9.38. The first kappa shape index (κ1) is 41.4. The molecule has 0 unspecified atom stereocenters. The number of aromatic nitrogens is 1. The van der Waals surface area contributed by atoms with Crippen molar-refractivity contribution in [1.29, 1.82) is 0 Å². The molecule has 300 valence electrons. The summed E-state index contributed by atoms with van der Waals surface area (Å²) in [5.41, 5.74) is 5.63. The molecule has 19 nitrogen and oxygen atoms in total. The van der Waals surface area contributed by atoms with Crippen LogP contribution in [0.2, 0.25) is 0 Å². The minimum absolute atomic E-state index is 0.0227. The molecule has 10 atom stereocenters. The molecule has 1 aromatic heterocycles. The standard InChI is InChI=1S/C35H48N8O11S/c1-15(36)27(47)42-26(17(3)45)31(51)40-24-13-55-32-20(19-7-5-6-8-21(19)41-32)10-22(29(49)39-23-11-35(4,14-44)54-34(23)53)38-28(48)16(2)37-30(50)25-9-18(46)12-43(25)33(24)52/h5-8,15-18,22-26,41,44-46H,9-14,36H2,1-4H3,(H,37,50)(H,38,48)(H,39,49)(H,40,51)(H,42,47)/t15-,16-,17-,18-,22-,23-,24-,25-,26+,35+/m0/s1. The van der Waals surface area contributed by atoms with E-state index in [2.05, 4.69) is 31.6 Å². The number of benzene rings is 1. The summed E-state index contributed by atoms with van der Waals surface area (Å²) in [6.45, 7) is 4.82. The quantitative estimate of drug-likeness (QED) is 0.117. The second kappa shape index (κ2) is 16.9. The Labute approximate surface area is 320 Å². The number of hydrogen-bond donors (Lipinski definition) is 10. The third-order valence-electron chi connectivity index (χ3n) is 9.84. The van der Waals surface area contributed by atoms with Gasteiger partial charge in [-0.05, 0) is 39.3 Å². The topological polar surface area (TPSA) is 295 Å². The van der Waals surface area contributed by atoms with E-state index in [0.29, 0.717) is 21.5 Å². The SMILES string of the molecule is C[C@H](N)C(=O)N[C@@H](C(=O)N[C@H]1CSc2[nH]c3ccccc3c2C[C@@H](C(=O)N[C@H]2C[C@](C)(CO)OC2=O)NC(=O)[C@H](C)NC(=O)[C@@H]2C[C@H](O)CN2C1=O)[C@H](C)O. The van der Waals surface area contributed by atoms with Gasteiger partial charge in [-0.1, -0.05) is 18.2 Å². The number of esters is 1. The fourth-order valence-electron chi connectivity index (χ4n) is 6.74. The van der Waals surface area contributed by atoms with Crippen LogP contribution in [0.4, 0.5) is 0 Å². The number of amides is 6. The van der Waals surface area contributed by atoms with Crippen LogP contribution in [0.25, 0.3) is 10.9 Å². The molecule has 0 bridgehead atoms. The third-order valence-corrected chi connectivity index (χ3v) is 11.0. The van der Waals surface area contributed by atoms with Gasteiger partial charge in [0.25, 0.3) is 0 Å². The molecule has 0 spiro atoms. The van der Waals surface area contributed by atoms with E-state index in [1.165, 1.54) is 27.7 Å². The van der Waals surface area contributed by atoms with Crippen LogP contribution in [-0.2, 0) is 44.7 Å². The molecular formula is C35H48N8O11S. The zero-order valence-electron chi connectivity index (χ0n) is 30.8. The maximum Gasteiger partial charge on any atom is 0.329 e. The lowest BCUT2D eigenvalue weighted by Crippen LogP contribution is -2.61. The number of nitrogens with zero attached hydrogens (tertiary/aromatic N) is 1. The molecule has 3 aliphatic heterocycles. The summed E-state index contributed by atoms with van der Waals surface area (Å²) in [6, 6.07) is -1.73. The highest BCUT2D eigenvalue weighted by molar-refractivity contribution is 7.99. The van der Waals surface area contributed by atoms with Gasteiger partial charge in [-0.15, -0.1) is 11.8 Å². The fraction of sp³-hybridized carbons (Fsp3) is 0.571. The van der Waals surface area contributed by atoms with Gasteiger partial charge >= 0.3 is 5.97 Å². The summed E-state index contributed by atoms with van der Waals surface area (Å²) in [4.78, 5) is 98.5. The largest absolute Gasteiger partial charge is 0.455 e. The normalized spacial score (nSPS) is 29.3. The van der Waals surface area contributed by atoms with Gasteiger partial charge in [-0.3, -0.25) is 28.8 Å². The predicted molar refractivity (Wildman–Crippen MR) is 196 cm³/mol. The first-order chi connectivity index (χ1) is 25.9. The first-order valence-corrected chi connectivity index (χ1v) is 18.9. The van der Waals surface area contributed by atoms with Crippen molar-refractivity contribution < 1.29 is 53.6 Å². The number of para-hydroxylation sites is 1. The molecule has 5 rings (SSSR count). The highest BCUT2D eigenvalue weighted by Gasteiger charge is 2.46. The lowest BCUT2D eigenvalue weighted by atomic mass is 10.00. The van der Waals surface area contributed by atoms with Crippen LogP contribution < -0.4 is 32.3 Å². The Hall–Kier alpha value is -4.76. The maximum atomic E-state index is 14.3. The smallest absolute Gasteiger partial charge is 0.329 e. The van der Waals surface area contributed by atoms with Crippen LogP contribution in [0, 0.1) is 0 Å². The van der Waals surface area contributed by atoms with Crippen LogP contribution in [0.1, 0.15) is 46.1 Å². The minimum Gasteiger partial charge on any atom is -0.455 e. The number of aliphatic hydroxyl groups excluding tert-OH is 3. The summed E-state index contributed by atoms with van der Waals surface area (Å²) in [6.07, 6.45) is -2.86. The summed E-state index contributed by atoms with van der Waals surface area (Å²) in [7, 11) is 0. The Morgan fingerprint density at radius 3 is 2.44 bits per heavy atom. The number of nitrogens with two attached hydrogens (primary N) is 1. The number of H-pyrrole nitrogens is 1. The second-order valence-corrected chi connectivity index (χ2v) is 15.6. The van der Waals surface area contributed by atoms with Crippen LogP contribution in [-0.4, -0.2) is 146 Å². The van der Waals surface area contributed by atoms with E-state index in [0.717, 1.165) is 16.7 Å². The zero-order chi connectivity index (χ0) is 40.4. The molecule has 11 N–H and O–H groups in total. The van der Waals surface area contributed by atoms with Gasteiger partial charge in [0.1, 0.15) is 41.9 Å². The summed E-state index contributed by atoms with van der Waals surface area (Å²) >= 11 is 1.09. The predicted octanol–water partition coefficient (Wildman–Crippen LogP) is -3.35. The van der Waals surface area contributed by atoms with Crippen molar-refractivity contribution in [2.75, 3.05) is 18.9 Å². The monoisotopic (exact) mass is 788 g/mol. The van der Waals surface area contributed by atoms with E-state index < -0.39 is 108 Å². The number of fused-ring (bicyclic) bond motifs is 4. The van der Waals surface area contributed by atoms with Crippen molar-refractivity contribution in [1.82, 2.24) is 36.5 Å². The Bertz CT molecular complexity index is 1840. The molecule has 3 aliphatic rings. The van der Waals surface area contributed by atoms with Gasteiger partial charge in [-0.2, -0.15) is 0 Å². The maximum absolute atomic E-state index is 14.3. The number of hydrogen-bond acceptors (Lipinski definition) is 13. The number of thioether (sulfide) groups is 1. The van der Waals surface area contributed by atoms with E-state index in [-0.39, 0.29) is 31.6 Å². The molecule has 2 fully saturated rings. The first-order valence-electron chi connectivity index (χ1n) is 17.9. The van der Waals surface area contributed by atoms with Crippen molar-refractivity contribution in [3.8, 4) is 0 Å². The summed E-state index contributed by atoms with van der Waals surface area (Å²) < 4.78 is 5.28. The summed E-state index contributed by atoms with van der Waals surface area (Å²) in [5.74, 6) is -5.60. The molecule has 1 aromatic carbocycles. The lowest BCUT2D eigenvalue weighted by molar-refractivity contribution is -0.151. The number of carbonyl (C=O) groups is 7. The van der Waals surface area contributed by atoms with Crippen molar-refractivity contribution in [2.45, 2.75) is 112 Å². The van der Waals surface area contributed by atoms with Gasteiger partial charge in [0.05, 0.1) is 29.9 Å². The molecule has 0 radical (unpaired) electrons. The molecule has 6 amide bonds. The van der Waals surface area contributed by atoms with Crippen molar-refractivity contribution in [3.05, 3.63) is 29.8 Å². The molecule has 0 aliphatic carbocycles. The number of nitrogens with one attached hydrogen (secondary N) is 6. The molecular weight excluding hydrogens is 740 g/mol. The van der Waals surface area contributed by atoms with E-state index in [1.807, 2.05) is 0 Å². The van der Waals surface area contributed by atoms with E-state index in [9.17, 15) is 48.9 Å². The van der Waals surface area contributed by atoms with Crippen LogP contribution in [0.5, 0.6) is 0 Å². The average molecular weight is 789 g/mol. The van der Waals surface area contributed by atoms with E-state index in [4.69, 9.17) is 10.5 Å². The Morgan fingerprint density at radius 2 is 1.78 bits per heavy atom. The second-order valence-electron chi connectivity index (χ2n) is 14.6. The number of ether oxygens (including phenoxy) is 1. The Balaban J connectivity index is 1.54. The molecule has 0 saturated carbocycles. The number of rotatable bonds is 8. The van der Waals surface area contributed by atoms with Gasteiger partial charge in [-0.25, -0.2) is 4.79 Å². The number of carbonyl (C=O) groups excluding carboxylic acids is 7. The Morgan fingerprint density at radius 1 is 1.07 bits per heavy atom. The molecule has 20 heteroatoms. The van der Waals surface area contributed by atoms with Crippen molar-refractivity contribution in [2.24, 2.45) is 5.73 Å². The van der Waals surface area contributed by atoms with E-state index >= 15 is 0 Å². The summed E-state index contributed by atoms with van der Waals surface area (Å²) in [5, 5.41) is 44.8. The van der Waals surface area contributed by atoms with Gasteiger partial charge in [0.2, 0.25) is 35.4 Å². The van der Waals surface area contributed by atoms with Gasteiger partial charge in [0.15, 0.2) is 0 Å². The van der Waals surface area contributed by atoms with Crippen molar-refractivity contribution >= 4 is 64.1 Å². The van der Waals surface area contributed by atoms with Crippen LogP contribution >= 0.6 is 11.8 Å². The fourth-order valence-corrected chi connectivity index (χ4v) is 7.84. The number of cyclic esters (lactones) is 1. The number of aromatic amines is 1. The number of aliphatic hydroxyl groups is 3. The minimum atomic E-state index is -1.51. The zero-order valence-corrected chi connectivity index (χ0v) is 31.6. The van der Waals surface area contributed by atoms with Gasteiger partial charge in [0, 0.05) is 42.5 Å². The van der Waals surface area contributed by atoms with E-state index in [1.54, 1.807) is 24.3 Å². The average Bonchev–Trinajstić information content (AvgIpc) is 3.79. The highest BCUT2D eigenvalue weighted by Crippen LogP contribution is 2.33. The molecule has 4 heterocycles. The molecule has 2 saturated heterocycles. The molecule has 2 aromatic rings. The molecule has 55 heavy (non-hydrogen) atoms.